The fraction of sp³-hybridized carbons (Fsp3) is 0.188. The Hall–Kier alpha value is -1.85. The third-order valence-corrected chi connectivity index (χ3v) is 3.46. The monoisotopic (exact) mass is 348 g/mol. The quantitative estimate of drug-likeness (QED) is 0.622. The highest BCUT2D eigenvalue weighted by Crippen LogP contribution is 2.14. The first-order valence-electron chi connectivity index (χ1n) is 6.61. The minimum absolute atomic E-state index is 0.0306. The van der Waals surface area contributed by atoms with Crippen molar-refractivity contribution in [2.75, 3.05) is 24.3 Å². The molecule has 0 aliphatic heterocycles. The summed E-state index contributed by atoms with van der Waals surface area (Å²) in [5, 5.41) is 2.77. The molecule has 5 heteroatoms. The molecule has 110 valence electrons. The molecule has 0 heterocycles. The number of para-hydroxylation sites is 1. The summed E-state index contributed by atoms with van der Waals surface area (Å²) in [7, 11) is 0. The Morgan fingerprint density at radius 2 is 1.86 bits per heavy atom. The van der Waals surface area contributed by atoms with Crippen molar-refractivity contribution in [1.29, 1.82) is 0 Å². The zero-order valence-electron chi connectivity index (χ0n) is 11.5. The normalized spacial score (nSPS) is 10.3. The van der Waals surface area contributed by atoms with Crippen LogP contribution in [0.15, 0.2) is 53.0 Å². The minimum Gasteiger partial charge on any atom is -0.399 e. The van der Waals surface area contributed by atoms with Gasteiger partial charge in [0, 0.05) is 15.8 Å². The highest BCUT2D eigenvalue weighted by Gasteiger charge is 2.03. The molecule has 0 fully saturated rings. The first-order chi connectivity index (χ1) is 10.1. The predicted molar refractivity (Wildman–Crippen MR) is 88.1 cm³/mol. The van der Waals surface area contributed by atoms with Crippen LogP contribution in [0.25, 0.3) is 0 Å². The average Bonchev–Trinajstić information content (AvgIpc) is 2.48. The number of rotatable bonds is 6. The lowest BCUT2D eigenvalue weighted by atomic mass is 10.1. The lowest BCUT2D eigenvalue weighted by molar-refractivity contribution is -0.120. The first-order valence-corrected chi connectivity index (χ1v) is 7.41. The maximum absolute atomic E-state index is 11.7. The second-order valence-electron chi connectivity index (χ2n) is 4.56. The summed E-state index contributed by atoms with van der Waals surface area (Å²) in [6.45, 7) is 0.491. The van der Waals surface area contributed by atoms with E-state index in [4.69, 9.17) is 10.5 Å². The van der Waals surface area contributed by atoms with Gasteiger partial charge in [0.25, 0.3) is 0 Å². The summed E-state index contributed by atoms with van der Waals surface area (Å²) in [5.41, 5.74) is 8.37. The number of hydrogen-bond acceptors (Lipinski definition) is 3. The van der Waals surface area contributed by atoms with Crippen molar-refractivity contribution < 1.29 is 9.53 Å². The molecule has 2 aromatic carbocycles. The fourth-order valence-corrected chi connectivity index (χ4v) is 2.10. The van der Waals surface area contributed by atoms with Crippen molar-refractivity contribution in [3.05, 3.63) is 58.6 Å². The Bertz CT molecular complexity index is 599. The molecular weight excluding hydrogens is 332 g/mol. The van der Waals surface area contributed by atoms with Crippen LogP contribution in [0.1, 0.15) is 5.56 Å². The van der Waals surface area contributed by atoms with Gasteiger partial charge in [0.1, 0.15) is 6.61 Å². The second kappa shape index (κ2) is 7.81. The number of nitrogen functional groups attached to an aromatic ring is 1. The zero-order valence-corrected chi connectivity index (χ0v) is 13.1. The number of carbonyl (C=O) groups excluding carboxylic acids is 1. The first kappa shape index (κ1) is 15.5. The molecule has 4 nitrogen and oxygen atoms in total. The molecule has 0 aliphatic carbocycles. The van der Waals surface area contributed by atoms with E-state index in [1.54, 1.807) is 0 Å². The molecule has 0 aromatic heterocycles. The molecule has 0 unspecified atom stereocenters. The molecule has 21 heavy (non-hydrogen) atoms. The lowest BCUT2D eigenvalue weighted by Crippen LogP contribution is -2.19. The van der Waals surface area contributed by atoms with Crippen LogP contribution in [0.5, 0.6) is 0 Å². The van der Waals surface area contributed by atoms with Gasteiger partial charge in [-0.15, -0.1) is 0 Å². The molecule has 0 spiro atoms. The number of nitrogens with two attached hydrogens (primary N) is 1. The SMILES string of the molecule is Nc1ccccc1CCOCC(=O)Nc1ccc(Br)cc1. The Labute approximate surface area is 132 Å². The van der Waals surface area contributed by atoms with E-state index in [0.717, 1.165) is 21.4 Å². The van der Waals surface area contributed by atoms with Gasteiger partial charge < -0.3 is 15.8 Å². The van der Waals surface area contributed by atoms with Crippen LogP contribution < -0.4 is 11.1 Å². The van der Waals surface area contributed by atoms with E-state index in [0.29, 0.717) is 13.0 Å². The summed E-state index contributed by atoms with van der Waals surface area (Å²) >= 11 is 3.34. The molecule has 3 N–H and O–H groups in total. The van der Waals surface area contributed by atoms with Crippen LogP contribution in [0.2, 0.25) is 0 Å². The Kier molecular flexibility index (Phi) is 5.78. The number of halogens is 1. The van der Waals surface area contributed by atoms with E-state index in [9.17, 15) is 4.79 Å². The summed E-state index contributed by atoms with van der Waals surface area (Å²) in [4.78, 5) is 11.7. The molecule has 0 aliphatic rings. The van der Waals surface area contributed by atoms with Crippen molar-refractivity contribution in [3.8, 4) is 0 Å². The van der Waals surface area contributed by atoms with Crippen molar-refractivity contribution in [3.63, 3.8) is 0 Å². The fourth-order valence-electron chi connectivity index (χ4n) is 1.84. The highest BCUT2D eigenvalue weighted by molar-refractivity contribution is 9.10. The summed E-state index contributed by atoms with van der Waals surface area (Å²) in [6, 6.07) is 15.0. The smallest absolute Gasteiger partial charge is 0.250 e. The van der Waals surface area contributed by atoms with E-state index in [-0.39, 0.29) is 12.5 Å². The van der Waals surface area contributed by atoms with Crippen LogP contribution in [-0.4, -0.2) is 19.1 Å². The Morgan fingerprint density at radius 3 is 2.57 bits per heavy atom. The van der Waals surface area contributed by atoms with Gasteiger partial charge in [0.2, 0.25) is 5.91 Å². The van der Waals surface area contributed by atoms with Crippen LogP contribution in [0, 0.1) is 0 Å². The van der Waals surface area contributed by atoms with Gasteiger partial charge in [-0.25, -0.2) is 0 Å². The van der Waals surface area contributed by atoms with Gasteiger partial charge in [-0.1, -0.05) is 34.1 Å². The van der Waals surface area contributed by atoms with E-state index < -0.39 is 0 Å². The van der Waals surface area contributed by atoms with Crippen LogP contribution in [0.3, 0.4) is 0 Å². The summed E-state index contributed by atoms with van der Waals surface area (Å²) < 4.78 is 6.34. The van der Waals surface area contributed by atoms with E-state index in [1.165, 1.54) is 0 Å². The van der Waals surface area contributed by atoms with Gasteiger partial charge in [-0.2, -0.15) is 0 Å². The van der Waals surface area contributed by atoms with E-state index >= 15 is 0 Å². The van der Waals surface area contributed by atoms with Crippen molar-refractivity contribution in [2.24, 2.45) is 0 Å². The maximum Gasteiger partial charge on any atom is 0.250 e. The maximum atomic E-state index is 11.7. The molecule has 0 saturated heterocycles. The number of hydrogen-bond donors (Lipinski definition) is 2. The van der Waals surface area contributed by atoms with E-state index in [2.05, 4.69) is 21.2 Å². The van der Waals surface area contributed by atoms with Gasteiger partial charge in [0.15, 0.2) is 0 Å². The molecule has 1 amide bonds. The highest BCUT2D eigenvalue weighted by atomic mass is 79.9. The van der Waals surface area contributed by atoms with Crippen molar-refractivity contribution >= 4 is 33.2 Å². The third kappa shape index (κ3) is 5.21. The molecule has 0 radical (unpaired) electrons. The number of ether oxygens (including phenoxy) is 1. The molecule has 2 aromatic rings. The lowest BCUT2D eigenvalue weighted by Gasteiger charge is -2.07. The molecule has 2 rings (SSSR count). The standard InChI is InChI=1S/C16H17BrN2O2/c17-13-5-7-14(8-6-13)19-16(20)11-21-10-9-12-3-1-2-4-15(12)18/h1-8H,9-11,18H2,(H,19,20). The second-order valence-corrected chi connectivity index (χ2v) is 5.47. The Morgan fingerprint density at radius 1 is 1.14 bits per heavy atom. The molecular formula is C16H17BrN2O2. The molecule has 0 saturated carbocycles. The average molecular weight is 349 g/mol. The minimum atomic E-state index is -0.168. The van der Waals surface area contributed by atoms with Crippen LogP contribution >= 0.6 is 15.9 Å². The topological polar surface area (TPSA) is 64.3 Å². The number of anilines is 2. The predicted octanol–water partition coefficient (Wildman–Crippen LogP) is 3.23. The number of amides is 1. The third-order valence-electron chi connectivity index (χ3n) is 2.93. The number of benzene rings is 2. The van der Waals surface area contributed by atoms with Gasteiger partial charge in [0.05, 0.1) is 6.61 Å². The van der Waals surface area contributed by atoms with Gasteiger partial charge in [-0.3, -0.25) is 4.79 Å². The van der Waals surface area contributed by atoms with Crippen molar-refractivity contribution in [1.82, 2.24) is 0 Å². The van der Waals surface area contributed by atoms with Crippen molar-refractivity contribution in [2.45, 2.75) is 6.42 Å². The zero-order chi connectivity index (χ0) is 15.1. The summed E-state index contributed by atoms with van der Waals surface area (Å²) in [6.07, 6.45) is 0.693. The molecule has 0 bridgehead atoms. The van der Waals surface area contributed by atoms with E-state index in [1.807, 2.05) is 48.5 Å². The van der Waals surface area contributed by atoms with Crippen LogP contribution in [0.4, 0.5) is 11.4 Å². The summed E-state index contributed by atoms with van der Waals surface area (Å²) in [5.74, 6) is -0.168. The van der Waals surface area contributed by atoms with Crippen LogP contribution in [-0.2, 0) is 16.0 Å². The molecule has 0 atom stereocenters. The largest absolute Gasteiger partial charge is 0.399 e. The number of carbonyl (C=O) groups is 1. The Balaban J connectivity index is 1.70. The number of nitrogens with one attached hydrogen (secondary N) is 1. The van der Waals surface area contributed by atoms with Gasteiger partial charge >= 0.3 is 0 Å². The van der Waals surface area contributed by atoms with Gasteiger partial charge in [-0.05, 0) is 42.3 Å².